The molecule has 0 aliphatic carbocycles. The van der Waals surface area contributed by atoms with Crippen LogP contribution in [0.2, 0.25) is 0 Å². The van der Waals surface area contributed by atoms with Gasteiger partial charge in [-0.3, -0.25) is 14.5 Å². The van der Waals surface area contributed by atoms with Crippen molar-refractivity contribution in [1.29, 1.82) is 0 Å². The predicted molar refractivity (Wildman–Crippen MR) is 78.6 cm³/mol. The van der Waals surface area contributed by atoms with Crippen LogP contribution in [0.25, 0.3) is 0 Å². The Morgan fingerprint density at radius 2 is 2.05 bits per heavy atom. The first-order valence-corrected chi connectivity index (χ1v) is 7.71. The predicted octanol–water partition coefficient (Wildman–Crippen LogP) is 2.01. The smallest absolute Gasteiger partial charge is 0.323 e. The second kappa shape index (κ2) is 7.62. The first kappa shape index (κ1) is 17.0. The minimum absolute atomic E-state index is 0.0597. The molecule has 0 spiro atoms. The molecule has 5 heteroatoms. The molecule has 116 valence electrons. The molecular weight excluding hydrogens is 256 g/mol. The van der Waals surface area contributed by atoms with E-state index in [0.29, 0.717) is 19.5 Å². The lowest BCUT2D eigenvalue weighted by Crippen LogP contribution is -2.61. The molecule has 1 heterocycles. The number of hydrogen-bond acceptors (Lipinski definition) is 3. The summed E-state index contributed by atoms with van der Waals surface area (Å²) in [5.74, 6) is -0.890. The van der Waals surface area contributed by atoms with E-state index < -0.39 is 17.6 Å². The summed E-state index contributed by atoms with van der Waals surface area (Å²) >= 11 is 0. The van der Waals surface area contributed by atoms with Crippen molar-refractivity contribution in [3.8, 4) is 0 Å². The van der Waals surface area contributed by atoms with Crippen LogP contribution in [0.15, 0.2) is 0 Å². The van der Waals surface area contributed by atoms with Gasteiger partial charge in [0.2, 0.25) is 5.91 Å². The maximum Gasteiger partial charge on any atom is 0.323 e. The Kier molecular flexibility index (Phi) is 6.46. The fourth-order valence-corrected chi connectivity index (χ4v) is 2.87. The van der Waals surface area contributed by atoms with Crippen molar-refractivity contribution in [2.24, 2.45) is 0 Å². The zero-order valence-corrected chi connectivity index (χ0v) is 12.9. The van der Waals surface area contributed by atoms with Crippen molar-refractivity contribution in [1.82, 2.24) is 10.2 Å². The molecule has 1 aliphatic rings. The lowest BCUT2D eigenvalue weighted by atomic mass is 9.87. The molecule has 2 N–H and O–H groups in total. The van der Waals surface area contributed by atoms with Gasteiger partial charge in [-0.25, -0.2) is 0 Å². The Morgan fingerprint density at radius 1 is 1.35 bits per heavy atom. The molecule has 1 amide bonds. The molecule has 0 radical (unpaired) electrons. The average molecular weight is 284 g/mol. The van der Waals surface area contributed by atoms with Crippen LogP contribution in [0.3, 0.4) is 0 Å². The van der Waals surface area contributed by atoms with Crippen molar-refractivity contribution >= 4 is 11.9 Å². The molecule has 0 aromatic heterocycles. The minimum Gasteiger partial charge on any atom is -0.480 e. The fourth-order valence-electron chi connectivity index (χ4n) is 2.87. The maximum absolute atomic E-state index is 12.2. The number of aliphatic carboxylic acids is 1. The van der Waals surface area contributed by atoms with Crippen LogP contribution in [0.4, 0.5) is 0 Å². The Balaban J connectivity index is 2.61. The first-order valence-electron chi connectivity index (χ1n) is 7.71. The summed E-state index contributed by atoms with van der Waals surface area (Å²) in [5.41, 5.74) is -0.918. The third-order valence-electron chi connectivity index (χ3n) is 4.33. The lowest BCUT2D eigenvalue weighted by molar-refractivity contribution is -0.156. The van der Waals surface area contributed by atoms with Crippen LogP contribution in [0, 0.1) is 0 Å². The summed E-state index contributed by atoms with van der Waals surface area (Å²) in [6, 6.07) is -0.391. The minimum atomic E-state index is -0.918. The first-order chi connectivity index (χ1) is 9.43. The summed E-state index contributed by atoms with van der Waals surface area (Å²) < 4.78 is 0. The van der Waals surface area contributed by atoms with E-state index in [1.54, 1.807) is 6.92 Å². The van der Waals surface area contributed by atoms with Gasteiger partial charge in [-0.05, 0) is 39.5 Å². The number of amides is 1. The molecule has 0 saturated carbocycles. The van der Waals surface area contributed by atoms with E-state index in [1.165, 1.54) is 0 Å². The highest BCUT2D eigenvalue weighted by Gasteiger charge is 2.44. The topological polar surface area (TPSA) is 69.6 Å². The highest BCUT2D eigenvalue weighted by Crippen LogP contribution is 2.30. The zero-order chi connectivity index (χ0) is 15.2. The lowest BCUT2D eigenvalue weighted by Gasteiger charge is -2.44. The van der Waals surface area contributed by atoms with Gasteiger partial charge in [-0.15, -0.1) is 0 Å². The number of likely N-dealkylation sites (tertiary alicyclic amines) is 1. The molecule has 20 heavy (non-hydrogen) atoms. The molecule has 0 aromatic rings. The Hall–Kier alpha value is -1.10. The van der Waals surface area contributed by atoms with Gasteiger partial charge in [0.05, 0.1) is 6.04 Å². The molecule has 0 bridgehead atoms. The molecule has 2 unspecified atom stereocenters. The summed E-state index contributed by atoms with van der Waals surface area (Å²) in [5, 5.41) is 12.4. The summed E-state index contributed by atoms with van der Waals surface area (Å²) in [6.07, 6.45) is 5.67. The number of hydrogen-bond donors (Lipinski definition) is 2. The largest absolute Gasteiger partial charge is 0.480 e. The maximum atomic E-state index is 12.2. The van der Waals surface area contributed by atoms with Crippen LogP contribution in [-0.4, -0.2) is 46.6 Å². The SMILES string of the molecule is CCCCCNC(=O)C(C)N1CCCCC1(C)C(=O)O. The number of carboxylic acid groups (broad SMARTS) is 1. The third kappa shape index (κ3) is 3.95. The van der Waals surface area contributed by atoms with Crippen molar-refractivity contribution in [3.63, 3.8) is 0 Å². The van der Waals surface area contributed by atoms with Crippen molar-refractivity contribution in [2.75, 3.05) is 13.1 Å². The van der Waals surface area contributed by atoms with Gasteiger partial charge in [0.15, 0.2) is 0 Å². The third-order valence-corrected chi connectivity index (χ3v) is 4.33. The second-order valence-corrected chi connectivity index (χ2v) is 5.90. The van der Waals surface area contributed by atoms with E-state index in [4.69, 9.17) is 0 Å². The second-order valence-electron chi connectivity index (χ2n) is 5.90. The normalized spacial score (nSPS) is 25.1. The number of nitrogens with one attached hydrogen (secondary N) is 1. The van der Waals surface area contributed by atoms with Gasteiger partial charge < -0.3 is 10.4 Å². The number of carbonyl (C=O) groups is 2. The number of carbonyl (C=O) groups excluding carboxylic acids is 1. The van der Waals surface area contributed by atoms with Gasteiger partial charge in [0.1, 0.15) is 5.54 Å². The van der Waals surface area contributed by atoms with E-state index in [9.17, 15) is 14.7 Å². The molecule has 2 atom stereocenters. The summed E-state index contributed by atoms with van der Waals surface area (Å²) in [7, 11) is 0. The molecule has 0 aromatic carbocycles. The summed E-state index contributed by atoms with van der Waals surface area (Å²) in [4.78, 5) is 25.6. The molecule has 5 nitrogen and oxygen atoms in total. The quantitative estimate of drug-likeness (QED) is 0.702. The van der Waals surface area contributed by atoms with Crippen molar-refractivity contribution < 1.29 is 14.7 Å². The number of unbranched alkanes of at least 4 members (excludes halogenated alkanes) is 2. The molecule has 1 saturated heterocycles. The van der Waals surface area contributed by atoms with Gasteiger partial charge >= 0.3 is 5.97 Å². The van der Waals surface area contributed by atoms with Crippen molar-refractivity contribution in [2.45, 2.75) is 70.9 Å². The molecule has 1 rings (SSSR count). The monoisotopic (exact) mass is 284 g/mol. The number of carboxylic acids is 1. The van der Waals surface area contributed by atoms with Crippen LogP contribution < -0.4 is 5.32 Å². The number of rotatable bonds is 7. The van der Waals surface area contributed by atoms with Gasteiger partial charge in [0, 0.05) is 13.1 Å². The fraction of sp³-hybridized carbons (Fsp3) is 0.867. The Morgan fingerprint density at radius 3 is 2.65 bits per heavy atom. The Bertz CT molecular complexity index is 346. The van der Waals surface area contributed by atoms with E-state index in [0.717, 1.165) is 32.1 Å². The van der Waals surface area contributed by atoms with Gasteiger partial charge in [-0.1, -0.05) is 19.8 Å². The highest BCUT2D eigenvalue weighted by molar-refractivity contribution is 5.84. The van der Waals surface area contributed by atoms with Gasteiger partial charge in [-0.2, -0.15) is 0 Å². The zero-order valence-electron chi connectivity index (χ0n) is 12.9. The van der Waals surface area contributed by atoms with Crippen LogP contribution >= 0.6 is 0 Å². The highest BCUT2D eigenvalue weighted by atomic mass is 16.4. The summed E-state index contributed by atoms with van der Waals surface area (Å²) in [6.45, 7) is 7.01. The van der Waals surface area contributed by atoms with Crippen LogP contribution in [-0.2, 0) is 9.59 Å². The number of nitrogens with zero attached hydrogens (tertiary/aromatic N) is 1. The van der Waals surface area contributed by atoms with Crippen LogP contribution in [0.1, 0.15) is 59.3 Å². The van der Waals surface area contributed by atoms with E-state index in [1.807, 2.05) is 11.8 Å². The van der Waals surface area contributed by atoms with E-state index >= 15 is 0 Å². The van der Waals surface area contributed by atoms with E-state index in [-0.39, 0.29) is 5.91 Å². The standard InChI is InChI=1S/C15H28N2O3/c1-4-5-7-10-16-13(18)12(2)17-11-8-6-9-15(17,3)14(19)20/h12H,4-11H2,1-3H3,(H,16,18)(H,19,20). The van der Waals surface area contributed by atoms with Crippen molar-refractivity contribution in [3.05, 3.63) is 0 Å². The molecule has 1 aliphatic heterocycles. The van der Waals surface area contributed by atoms with E-state index in [2.05, 4.69) is 12.2 Å². The molecular formula is C15H28N2O3. The Labute approximate surface area is 121 Å². The van der Waals surface area contributed by atoms with Gasteiger partial charge in [0.25, 0.3) is 0 Å². The number of piperidine rings is 1. The average Bonchev–Trinajstić information content (AvgIpc) is 2.43. The molecule has 1 fully saturated rings. The van der Waals surface area contributed by atoms with Crippen LogP contribution in [0.5, 0.6) is 0 Å².